The lowest BCUT2D eigenvalue weighted by Gasteiger charge is -2.27. The topological polar surface area (TPSA) is 147 Å². The van der Waals surface area contributed by atoms with Gasteiger partial charge in [-0.1, -0.05) is 12.8 Å². The van der Waals surface area contributed by atoms with E-state index < -0.39 is 11.4 Å². The lowest BCUT2D eigenvalue weighted by Crippen LogP contribution is -2.45. The van der Waals surface area contributed by atoms with E-state index in [4.69, 9.17) is 18.9 Å². The summed E-state index contributed by atoms with van der Waals surface area (Å²) in [6, 6.07) is 4.96. The summed E-state index contributed by atoms with van der Waals surface area (Å²) >= 11 is 0. The van der Waals surface area contributed by atoms with Crippen LogP contribution in [0, 0.1) is 5.41 Å². The number of carboxylic acid groups (broad SMARTS) is 1. The minimum absolute atomic E-state index is 0.0220. The number of nitrogens with zero attached hydrogens (tertiary/aromatic N) is 4. The highest BCUT2D eigenvalue weighted by Crippen LogP contribution is 2.44. The van der Waals surface area contributed by atoms with Crippen LogP contribution in [0.3, 0.4) is 0 Å². The second-order valence-electron chi connectivity index (χ2n) is 9.81. The van der Waals surface area contributed by atoms with E-state index in [0.717, 1.165) is 31.2 Å². The molecule has 4 atom stereocenters. The number of aromatic nitrogens is 4. The molecule has 3 fully saturated rings. The van der Waals surface area contributed by atoms with E-state index in [2.05, 4.69) is 20.8 Å². The van der Waals surface area contributed by atoms with Crippen molar-refractivity contribution >= 4 is 11.9 Å². The van der Waals surface area contributed by atoms with Crippen LogP contribution >= 0.6 is 0 Å². The third-order valence-electron chi connectivity index (χ3n) is 7.54. The quantitative estimate of drug-likeness (QED) is 0.588. The van der Waals surface area contributed by atoms with E-state index in [1.165, 1.54) is 0 Å². The Labute approximate surface area is 200 Å². The van der Waals surface area contributed by atoms with Crippen LogP contribution in [0.5, 0.6) is 11.5 Å². The van der Waals surface area contributed by atoms with Crippen molar-refractivity contribution in [1.82, 2.24) is 25.5 Å². The summed E-state index contributed by atoms with van der Waals surface area (Å²) in [5.41, 5.74) is 0.325. The van der Waals surface area contributed by atoms with Crippen molar-refractivity contribution < 1.29 is 33.6 Å². The molecule has 2 N–H and O–H groups in total. The van der Waals surface area contributed by atoms with E-state index >= 15 is 0 Å². The Bertz CT molecular complexity index is 1130. The first-order chi connectivity index (χ1) is 17.0. The fourth-order valence-corrected chi connectivity index (χ4v) is 5.92. The highest BCUT2D eigenvalue weighted by Gasteiger charge is 2.50. The Hall–Kier alpha value is -3.25. The molecule has 4 heterocycles. The van der Waals surface area contributed by atoms with Gasteiger partial charge >= 0.3 is 5.97 Å². The van der Waals surface area contributed by atoms with Crippen LogP contribution in [0.25, 0.3) is 11.4 Å². The average molecular weight is 485 g/mol. The SMILES string of the molecule is O=C(O)CC1(CC(=O)NC2COC3C2OCC3n2nnnc2-c2ccc3c(c2)OCO3)CCCC1. The number of ether oxygens (including phenoxy) is 4. The van der Waals surface area contributed by atoms with Crippen molar-refractivity contribution in [3.8, 4) is 22.9 Å². The smallest absolute Gasteiger partial charge is 0.303 e. The summed E-state index contributed by atoms with van der Waals surface area (Å²) in [5.74, 6) is 0.868. The molecule has 0 spiro atoms. The number of aliphatic carboxylic acids is 1. The Balaban J connectivity index is 1.14. The summed E-state index contributed by atoms with van der Waals surface area (Å²) < 4.78 is 24.7. The molecule has 1 aromatic heterocycles. The first kappa shape index (κ1) is 22.2. The maximum absolute atomic E-state index is 12.9. The van der Waals surface area contributed by atoms with Gasteiger partial charge in [-0.3, -0.25) is 9.59 Å². The predicted octanol–water partition coefficient (Wildman–Crippen LogP) is 1.32. The number of hydrogen-bond acceptors (Lipinski definition) is 9. The number of carbonyl (C=O) groups excluding carboxylic acids is 1. The molecule has 1 aliphatic carbocycles. The van der Waals surface area contributed by atoms with Crippen LogP contribution in [0.2, 0.25) is 0 Å². The van der Waals surface area contributed by atoms with Gasteiger partial charge < -0.3 is 29.4 Å². The van der Waals surface area contributed by atoms with Gasteiger partial charge in [-0.25, -0.2) is 4.68 Å². The number of tetrazole rings is 1. The van der Waals surface area contributed by atoms with E-state index in [9.17, 15) is 14.7 Å². The van der Waals surface area contributed by atoms with Gasteiger partial charge in [0.25, 0.3) is 0 Å². The monoisotopic (exact) mass is 485 g/mol. The molecule has 1 amide bonds. The first-order valence-corrected chi connectivity index (χ1v) is 11.9. The first-order valence-electron chi connectivity index (χ1n) is 11.9. The predicted molar refractivity (Wildman–Crippen MR) is 118 cm³/mol. The summed E-state index contributed by atoms with van der Waals surface area (Å²) in [5, 5.41) is 24.6. The van der Waals surface area contributed by atoms with Gasteiger partial charge in [-0.15, -0.1) is 5.10 Å². The number of nitrogens with one attached hydrogen (secondary N) is 1. The van der Waals surface area contributed by atoms with Crippen molar-refractivity contribution in [3.63, 3.8) is 0 Å². The standard InChI is InChI=1S/C23H27N5O7/c29-18(8-23(9-19(30)31)5-1-2-6-23)24-14-10-32-21-15(11-33-20(14)21)28-22(25-26-27-28)13-3-4-16-17(7-13)35-12-34-16/h3-4,7,14-15,20-21H,1-2,5-6,8-12H2,(H,24,29)(H,30,31). The third kappa shape index (κ3) is 4.10. The third-order valence-corrected chi connectivity index (χ3v) is 7.54. The maximum atomic E-state index is 12.9. The Morgan fingerprint density at radius 3 is 2.71 bits per heavy atom. The number of rotatable bonds is 7. The molecule has 4 aliphatic rings. The zero-order valence-corrected chi connectivity index (χ0v) is 19.1. The molecule has 4 unspecified atom stereocenters. The lowest BCUT2D eigenvalue weighted by atomic mass is 9.79. The molecule has 12 heteroatoms. The number of carboxylic acids is 1. The number of carbonyl (C=O) groups is 2. The molecule has 35 heavy (non-hydrogen) atoms. The number of amides is 1. The van der Waals surface area contributed by atoms with Crippen LogP contribution in [0.1, 0.15) is 44.6 Å². The molecular formula is C23H27N5O7. The Morgan fingerprint density at radius 2 is 1.89 bits per heavy atom. The Morgan fingerprint density at radius 1 is 1.09 bits per heavy atom. The number of fused-ring (bicyclic) bond motifs is 2. The largest absolute Gasteiger partial charge is 0.481 e. The van der Waals surface area contributed by atoms with E-state index in [1.807, 2.05) is 18.2 Å². The Kier molecular flexibility index (Phi) is 5.56. The summed E-state index contributed by atoms with van der Waals surface area (Å²) in [6.45, 7) is 0.834. The highest BCUT2D eigenvalue weighted by atomic mass is 16.7. The molecule has 12 nitrogen and oxygen atoms in total. The van der Waals surface area contributed by atoms with Gasteiger partial charge in [0.15, 0.2) is 17.3 Å². The number of hydrogen-bond donors (Lipinski definition) is 2. The highest BCUT2D eigenvalue weighted by molar-refractivity contribution is 5.78. The zero-order valence-electron chi connectivity index (χ0n) is 19.1. The van der Waals surface area contributed by atoms with Crippen molar-refractivity contribution in [2.45, 2.75) is 62.8 Å². The zero-order chi connectivity index (χ0) is 24.0. The molecule has 0 radical (unpaired) electrons. The van der Waals surface area contributed by atoms with E-state index in [1.54, 1.807) is 4.68 Å². The second-order valence-corrected chi connectivity index (χ2v) is 9.81. The van der Waals surface area contributed by atoms with Gasteiger partial charge in [0, 0.05) is 12.0 Å². The summed E-state index contributed by atoms with van der Waals surface area (Å²) in [7, 11) is 0. The van der Waals surface area contributed by atoms with Gasteiger partial charge in [-0.2, -0.15) is 0 Å². The van der Waals surface area contributed by atoms with E-state index in [0.29, 0.717) is 30.5 Å². The molecule has 0 bridgehead atoms. The molecule has 6 rings (SSSR count). The second kappa shape index (κ2) is 8.76. The number of benzene rings is 1. The van der Waals surface area contributed by atoms with Crippen molar-refractivity contribution in [1.29, 1.82) is 0 Å². The molecule has 2 saturated heterocycles. The fourth-order valence-electron chi connectivity index (χ4n) is 5.92. The van der Waals surface area contributed by atoms with Gasteiger partial charge in [0.05, 0.1) is 25.7 Å². The van der Waals surface area contributed by atoms with Crippen LogP contribution in [-0.2, 0) is 19.1 Å². The molecule has 2 aromatic rings. The van der Waals surface area contributed by atoms with E-state index in [-0.39, 0.29) is 49.8 Å². The molecule has 186 valence electrons. The maximum Gasteiger partial charge on any atom is 0.303 e. The average Bonchev–Trinajstić information content (AvgIpc) is 3.62. The van der Waals surface area contributed by atoms with Crippen molar-refractivity contribution in [2.75, 3.05) is 20.0 Å². The fraction of sp³-hybridized carbons (Fsp3) is 0.609. The molecular weight excluding hydrogens is 458 g/mol. The molecule has 1 aromatic carbocycles. The van der Waals surface area contributed by atoms with Crippen LogP contribution in [0.15, 0.2) is 18.2 Å². The molecule has 3 aliphatic heterocycles. The minimum Gasteiger partial charge on any atom is -0.481 e. The normalized spacial score (nSPS) is 28.2. The lowest BCUT2D eigenvalue weighted by molar-refractivity contribution is -0.140. The minimum atomic E-state index is -0.856. The van der Waals surface area contributed by atoms with Gasteiger partial charge in [0.1, 0.15) is 18.2 Å². The van der Waals surface area contributed by atoms with Crippen molar-refractivity contribution in [2.24, 2.45) is 5.41 Å². The van der Waals surface area contributed by atoms with Gasteiger partial charge in [-0.05, 0) is 46.9 Å². The molecule has 1 saturated carbocycles. The van der Waals surface area contributed by atoms with Crippen LogP contribution in [0.4, 0.5) is 0 Å². The van der Waals surface area contributed by atoms with Gasteiger partial charge in [0.2, 0.25) is 12.7 Å². The van der Waals surface area contributed by atoms with Crippen LogP contribution < -0.4 is 14.8 Å². The van der Waals surface area contributed by atoms with Crippen molar-refractivity contribution in [3.05, 3.63) is 18.2 Å². The summed E-state index contributed by atoms with van der Waals surface area (Å²) in [4.78, 5) is 24.3. The van der Waals surface area contributed by atoms with Crippen LogP contribution in [-0.4, -0.2) is 75.4 Å². The summed E-state index contributed by atoms with van der Waals surface area (Å²) in [6.07, 6.45) is 3.01.